The summed E-state index contributed by atoms with van der Waals surface area (Å²) in [5, 5.41) is 39.1. The van der Waals surface area contributed by atoms with Crippen LogP contribution in [0.1, 0.15) is 38.5 Å². The van der Waals surface area contributed by atoms with Crippen molar-refractivity contribution in [3.8, 4) is 5.88 Å². The van der Waals surface area contributed by atoms with Crippen LogP contribution in [0, 0.1) is 0 Å². The molecular formula is C37H58FN13O8. The van der Waals surface area contributed by atoms with Crippen LogP contribution in [0.15, 0.2) is 12.5 Å². The van der Waals surface area contributed by atoms with Crippen LogP contribution in [0.4, 0.5) is 21.8 Å². The quantitative estimate of drug-likeness (QED) is 0.0969. The maximum Gasteiger partial charge on any atom is 0.317 e. The third kappa shape index (κ3) is 14.3. The number of carbonyl (C=O) groups is 4. The van der Waals surface area contributed by atoms with Crippen molar-refractivity contribution in [3.63, 3.8) is 0 Å². The fourth-order valence-corrected chi connectivity index (χ4v) is 7.21. The molecule has 0 spiro atoms. The summed E-state index contributed by atoms with van der Waals surface area (Å²) in [5.41, 5.74) is 1.83. The molecule has 2 fully saturated rings. The molecule has 1 amide bonds. The molecule has 0 aromatic carbocycles. The number of aromatic nitrogens is 6. The van der Waals surface area contributed by atoms with Crippen molar-refractivity contribution in [2.75, 3.05) is 115 Å². The summed E-state index contributed by atoms with van der Waals surface area (Å²) in [7, 11) is 3.40. The monoisotopic (exact) mass is 831 g/mol. The molecule has 0 unspecified atom stereocenters. The number of halogens is 1. The number of imidazole rings is 1. The Labute approximate surface area is 342 Å². The Bertz CT molecular complexity index is 1830. The zero-order valence-corrected chi connectivity index (χ0v) is 34.0. The van der Waals surface area contributed by atoms with E-state index in [4.69, 9.17) is 9.72 Å². The summed E-state index contributed by atoms with van der Waals surface area (Å²) in [6.07, 6.45) is 7.56. The molecule has 5 heterocycles. The van der Waals surface area contributed by atoms with Gasteiger partial charge < -0.3 is 40.2 Å². The van der Waals surface area contributed by atoms with Crippen LogP contribution >= 0.6 is 0 Å². The Morgan fingerprint density at radius 1 is 0.797 bits per heavy atom. The van der Waals surface area contributed by atoms with Crippen molar-refractivity contribution in [1.29, 1.82) is 0 Å². The number of ether oxygens (including phenoxy) is 1. The number of carboxylic acids is 3. The number of hydrogen-bond acceptors (Lipinski definition) is 15. The maximum absolute atomic E-state index is 14.0. The van der Waals surface area contributed by atoms with Gasteiger partial charge in [-0.2, -0.15) is 9.97 Å². The van der Waals surface area contributed by atoms with Gasteiger partial charge in [-0.25, -0.2) is 9.37 Å². The topological polar surface area (TPSA) is 240 Å². The number of hydrogen-bond donors (Lipinski definition) is 5. The number of rotatable bonds is 20. The van der Waals surface area contributed by atoms with E-state index in [0.717, 1.165) is 32.1 Å². The lowest BCUT2D eigenvalue weighted by Gasteiger charge is -2.32. The molecule has 2 saturated heterocycles. The number of fused-ring (bicyclic) bond motifs is 1. The van der Waals surface area contributed by atoms with Crippen LogP contribution in [0.25, 0.3) is 11.2 Å². The average molecular weight is 832 g/mol. The van der Waals surface area contributed by atoms with Crippen LogP contribution in [-0.2, 0) is 32.8 Å². The van der Waals surface area contributed by atoms with Crippen molar-refractivity contribution in [2.24, 2.45) is 7.05 Å². The van der Waals surface area contributed by atoms with Crippen LogP contribution in [-0.4, -0.2) is 199 Å². The van der Waals surface area contributed by atoms with Gasteiger partial charge >= 0.3 is 17.9 Å². The van der Waals surface area contributed by atoms with Gasteiger partial charge in [-0.05, 0) is 19.3 Å². The van der Waals surface area contributed by atoms with Crippen molar-refractivity contribution >= 4 is 52.4 Å². The highest BCUT2D eigenvalue weighted by atomic mass is 19.1. The second-order valence-corrected chi connectivity index (χ2v) is 15.1. The number of anilines is 3. The Morgan fingerprint density at radius 2 is 1.36 bits per heavy atom. The van der Waals surface area contributed by atoms with Crippen molar-refractivity contribution in [1.82, 2.24) is 54.2 Å². The molecule has 326 valence electrons. The molecule has 0 saturated carbocycles. The minimum Gasteiger partial charge on any atom is -0.480 e. The average Bonchev–Trinajstić information content (AvgIpc) is 3.91. The van der Waals surface area contributed by atoms with E-state index in [0.29, 0.717) is 113 Å². The van der Waals surface area contributed by atoms with Crippen LogP contribution < -0.4 is 20.3 Å². The highest BCUT2D eigenvalue weighted by Crippen LogP contribution is 2.31. The van der Waals surface area contributed by atoms with E-state index in [1.807, 2.05) is 27.7 Å². The number of aryl methyl sites for hydroxylation is 2. The summed E-state index contributed by atoms with van der Waals surface area (Å²) in [4.78, 5) is 70.2. The number of amides is 1. The summed E-state index contributed by atoms with van der Waals surface area (Å²) < 4.78 is 23.2. The standard InChI is InChI=1S/C37H58FN13O8/c1-45-26-40-33-34(42-37(43-35(33)45)50-11-8-27(38)20-50)41-28-21-51(44-36(28)59-2)10-7-5-3-4-6-9-39-29(52)22-46-12-14-47(23-30(53)54)16-18-49(25-32(57)58)19-17-48(15-13-46)24-31(55)56/h21,26-27H,3-20,22-25H2,1-2H3,(H,39,52)(H,53,54)(H,55,56)(H,57,58)(H,41,42,43)/t27-/m0/s1. The van der Waals surface area contributed by atoms with Crippen molar-refractivity contribution in [3.05, 3.63) is 12.5 Å². The zero-order valence-electron chi connectivity index (χ0n) is 34.0. The lowest BCUT2D eigenvalue weighted by molar-refractivity contribution is -0.140. The number of nitrogens with zero attached hydrogens (tertiary/aromatic N) is 11. The Hall–Kier alpha value is -5.19. The van der Waals surface area contributed by atoms with Gasteiger partial charge in [-0.3, -0.25) is 43.5 Å². The van der Waals surface area contributed by atoms with Crippen molar-refractivity contribution < 1.29 is 43.6 Å². The molecule has 3 aromatic heterocycles. The van der Waals surface area contributed by atoms with Gasteiger partial charge in [0.2, 0.25) is 11.9 Å². The summed E-state index contributed by atoms with van der Waals surface area (Å²) >= 11 is 0. The van der Waals surface area contributed by atoms with Crippen LogP contribution in [0.5, 0.6) is 5.88 Å². The van der Waals surface area contributed by atoms with E-state index < -0.39 is 24.1 Å². The maximum atomic E-state index is 14.0. The molecule has 0 bridgehead atoms. The van der Waals surface area contributed by atoms with Gasteiger partial charge in [0.15, 0.2) is 17.0 Å². The van der Waals surface area contributed by atoms with E-state index in [9.17, 15) is 38.9 Å². The number of alkyl halides is 1. The Morgan fingerprint density at radius 3 is 1.90 bits per heavy atom. The SMILES string of the molecule is COc1nn(CCCCCCCNC(=O)CN2CCN(CC(=O)O)CCN(CC(=O)O)CCN(CC(=O)O)CC2)cc1Nc1nc(N2CC[C@H](F)C2)nc2c1ncn2C. The third-order valence-corrected chi connectivity index (χ3v) is 10.4. The van der Waals surface area contributed by atoms with Gasteiger partial charge in [0.25, 0.3) is 5.88 Å². The summed E-state index contributed by atoms with van der Waals surface area (Å²) in [6, 6.07) is 0. The molecule has 22 heteroatoms. The molecule has 3 aromatic rings. The van der Waals surface area contributed by atoms with Crippen molar-refractivity contribution in [2.45, 2.75) is 51.2 Å². The molecule has 0 aliphatic carbocycles. The molecular weight excluding hydrogens is 773 g/mol. The van der Waals surface area contributed by atoms with Gasteiger partial charge in [0.05, 0.1) is 52.4 Å². The van der Waals surface area contributed by atoms with Gasteiger partial charge in [-0.1, -0.05) is 19.3 Å². The van der Waals surface area contributed by atoms with Gasteiger partial charge in [-0.15, -0.1) is 5.10 Å². The predicted octanol–water partition coefficient (Wildman–Crippen LogP) is 0.402. The van der Waals surface area contributed by atoms with E-state index in [1.54, 1.807) is 32.7 Å². The third-order valence-electron chi connectivity index (χ3n) is 10.4. The first kappa shape index (κ1) is 44.9. The highest BCUT2D eigenvalue weighted by Gasteiger charge is 2.26. The first-order chi connectivity index (χ1) is 28.4. The predicted molar refractivity (Wildman–Crippen MR) is 215 cm³/mol. The lowest BCUT2D eigenvalue weighted by Crippen LogP contribution is -2.49. The lowest BCUT2D eigenvalue weighted by atomic mass is 10.1. The number of methoxy groups -OCH3 is 1. The van der Waals surface area contributed by atoms with Gasteiger partial charge in [0, 0.05) is 79.0 Å². The normalized spacial score (nSPS) is 18.1. The first-order valence-electron chi connectivity index (χ1n) is 20.1. The number of carbonyl (C=O) groups excluding carboxylic acids is 1. The largest absolute Gasteiger partial charge is 0.480 e. The molecule has 21 nitrogen and oxygen atoms in total. The Balaban J connectivity index is 1.05. The molecule has 2 aliphatic rings. The fraction of sp³-hybridized carbons (Fsp3) is 0.676. The number of unbranched alkanes of at least 4 members (excludes halogenated alkanes) is 4. The molecule has 2 aliphatic heterocycles. The summed E-state index contributed by atoms with van der Waals surface area (Å²) in [6.45, 7) is 4.09. The van der Waals surface area contributed by atoms with E-state index in [1.165, 1.54) is 0 Å². The second kappa shape index (κ2) is 22.3. The van der Waals surface area contributed by atoms with E-state index in [2.05, 4.69) is 25.7 Å². The minimum absolute atomic E-state index is 0.0836. The fourth-order valence-electron chi connectivity index (χ4n) is 7.21. The minimum atomic E-state index is -1.01. The highest BCUT2D eigenvalue weighted by molar-refractivity contribution is 5.87. The molecule has 0 radical (unpaired) electrons. The van der Waals surface area contributed by atoms with Crippen LogP contribution in [0.2, 0.25) is 0 Å². The Kier molecular flexibility index (Phi) is 16.9. The number of aliphatic carboxylic acids is 3. The zero-order chi connectivity index (χ0) is 42.3. The molecule has 59 heavy (non-hydrogen) atoms. The molecule has 1 atom stereocenters. The number of nitrogens with one attached hydrogen (secondary N) is 2. The van der Waals surface area contributed by atoms with Gasteiger partial charge in [0.1, 0.15) is 11.9 Å². The number of carboxylic acid groups (broad SMARTS) is 3. The van der Waals surface area contributed by atoms with E-state index in [-0.39, 0.29) is 38.6 Å². The van der Waals surface area contributed by atoms with Crippen LogP contribution in [0.3, 0.4) is 0 Å². The summed E-state index contributed by atoms with van der Waals surface area (Å²) in [5.74, 6) is -1.86. The second-order valence-electron chi connectivity index (χ2n) is 15.1. The van der Waals surface area contributed by atoms with E-state index >= 15 is 0 Å². The molecule has 5 N–H and O–H groups in total. The smallest absolute Gasteiger partial charge is 0.317 e. The first-order valence-corrected chi connectivity index (χ1v) is 20.1. The molecule has 5 rings (SSSR count).